The number of benzene rings is 1. The summed E-state index contributed by atoms with van der Waals surface area (Å²) in [6.07, 6.45) is 3.29. The fraction of sp³-hybridized carbons (Fsp3) is 0.476. The maximum Gasteiger partial charge on any atom is 0.339 e. The summed E-state index contributed by atoms with van der Waals surface area (Å²) in [6.45, 7) is 3.71. The molecule has 0 fully saturated rings. The van der Waals surface area contributed by atoms with Gasteiger partial charge in [-0.2, -0.15) is 0 Å². The normalized spacial score (nSPS) is 14.4. The number of aliphatic carboxylic acids is 1. The first-order valence-electron chi connectivity index (χ1n) is 9.62. The monoisotopic (exact) mass is 387 g/mol. The predicted molar refractivity (Wildman–Crippen MR) is 104 cm³/mol. The Hall–Kier alpha value is -2.83. The Labute approximate surface area is 162 Å². The number of rotatable bonds is 7. The molecule has 0 aliphatic heterocycles. The molecule has 7 nitrogen and oxygen atoms in total. The Morgan fingerprint density at radius 1 is 1.25 bits per heavy atom. The molecule has 7 heteroatoms. The number of amides is 1. The number of carboxylic acid groups (broad SMARTS) is 1. The molecular weight excluding hydrogens is 362 g/mol. The average Bonchev–Trinajstić information content (AvgIpc) is 2.67. The summed E-state index contributed by atoms with van der Waals surface area (Å²) in [6, 6.07) is 3.70. The molecule has 2 N–H and O–H groups in total. The van der Waals surface area contributed by atoms with Crippen molar-refractivity contribution in [1.82, 2.24) is 5.32 Å². The van der Waals surface area contributed by atoms with Gasteiger partial charge in [-0.1, -0.05) is 0 Å². The molecule has 3 rings (SSSR count). The second-order valence-corrected chi connectivity index (χ2v) is 7.17. The van der Waals surface area contributed by atoms with E-state index in [1.54, 1.807) is 13.0 Å². The van der Waals surface area contributed by atoms with Crippen LogP contribution < -0.4 is 15.7 Å². The number of carbonyl (C=O) groups excluding carboxylic acids is 1. The molecule has 0 saturated carbocycles. The molecule has 0 radical (unpaired) electrons. The number of nitrogens with one attached hydrogen (secondary N) is 1. The minimum atomic E-state index is -0.894. The Kier molecular flexibility index (Phi) is 6.02. The van der Waals surface area contributed by atoms with Crippen molar-refractivity contribution >= 4 is 22.8 Å². The van der Waals surface area contributed by atoms with E-state index in [1.165, 1.54) is 0 Å². The fourth-order valence-corrected chi connectivity index (χ4v) is 3.59. The second kappa shape index (κ2) is 8.46. The van der Waals surface area contributed by atoms with E-state index in [0.717, 1.165) is 42.2 Å². The zero-order valence-electron chi connectivity index (χ0n) is 16.2. The Morgan fingerprint density at radius 3 is 2.68 bits per heavy atom. The summed E-state index contributed by atoms with van der Waals surface area (Å²) in [5.74, 6) is -0.731. The van der Waals surface area contributed by atoms with Gasteiger partial charge in [0.2, 0.25) is 0 Å². The number of ether oxygens (including phenoxy) is 1. The first-order valence-corrected chi connectivity index (χ1v) is 9.62. The Morgan fingerprint density at radius 2 is 1.96 bits per heavy atom. The maximum atomic E-state index is 12.4. The Bertz CT molecular complexity index is 962. The quantitative estimate of drug-likeness (QED) is 0.559. The van der Waals surface area contributed by atoms with Crippen LogP contribution in [0.25, 0.3) is 11.0 Å². The van der Waals surface area contributed by atoms with Crippen molar-refractivity contribution in [3.05, 3.63) is 39.2 Å². The number of hydrogen-bond acceptors (Lipinski definition) is 5. The van der Waals surface area contributed by atoms with Crippen molar-refractivity contribution in [1.29, 1.82) is 0 Å². The van der Waals surface area contributed by atoms with E-state index in [2.05, 4.69) is 5.32 Å². The fourth-order valence-electron chi connectivity index (χ4n) is 3.59. The van der Waals surface area contributed by atoms with Gasteiger partial charge in [-0.15, -0.1) is 0 Å². The van der Waals surface area contributed by atoms with E-state index < -0.39 is 12.1 Å². The molecule has 1 heterocycles. The van der Waals surface area contributed by atoms with Crippen LogP contribution in [-0.4, -0.2) is 29.6 Å². The third-order valence-corrected chi connectivity index (χ3v) is 5.13. The lowest BCUT2D eigenvalue weighted by Crippen LogP contribution is -2.37. The molecule has 1 amide bonds. The van der Waals surface area contributed by atoms with Crippen LogP contribution in [-0.2, 0) is 22.4 Å². The van der Waals surface area contributed by atoms with Gasteiger partial charge in [0.25, 0.3) is 5.91 Å². The van der Waals surface area contributed by atoms with Gasteiger partial charge in [-0.25, -0.2) is 4.79 Å². The molecule has 1 aromatic heterocycles. The van der Waals surface area contributed by atoms with Crippen molar-refractivity contribution in [3.63, 3.8) is 0 Å². The zero-order chi connectivity index (χ0) is 20.3. The largest absolute Gasteiger partial charge is 0.481 e. The van der Waals surface area contributed by atoms with Crippen LogP contribution in [0, 0.1) is 6.92 Å². The van der Waals surface area contributed by atoms with Gasteiger partial charge in [0.1, 0.15) is 11.3 Å². The smallest absolute Gasteiger partial charge is 0.339 e. The molecule has 1 unspecified atom stereocenters. The summed E-state index contributed by atoms with van der Waals surface area (Å²) in [7, 11) is 0. The molecule has 150 valence electrons. The van der Waals surface area contributed by atoms with E-state index >= 15 is 0 Å². The number of fused-ring (bicyclic) bond motifs is 3. The predicted octanol–water partition coefficient (Wildman–Crippen LogP) is 2.73. The lowest BCUT2D eigenvalue weighted by atomic mass is 9.90. The van der Waals surface area contributed by atoms with Crippen molar-refractivity contribution in [2.75, 3.05) is 6.54 Å². The number of carbonyl (C=O) groups is 2. The molecule has 0 spiro atoms. The van der Waals surface area contributed by atoms with Crippen molar-refractivity contribution in [3.8, 4) is 5.75 Å². The summed E-state index contributed by atoms with van der Waals surface area (Å²) < 4.78 is 11.4. The van der Waals surface area contributed by atoms with Crippen LogP contribution in [0.4, 0.5) is 0 Å². The molecule has 2 aromatic rings. The highest BCUT2D eigenvalue weighted by Gasteiger charge is 2.21. The highest BCUT2D eigenvalue weighted by Crippen LogP contribution is 2.32. The van der Waals surface area contributed by atoms with Gasteiger partial charge >= 0.3 is 11.6 Å². The highest BCUT2D eigenvalue weighted by atomic mass is 16.5. The van der Waals surface area contributed by atoms with Gasteiger partial charge < -0.3 is 19.6 Å². The van der Waals surface area contributed by atoms with Gasteiger partial charge in [0, 0.05) is 29.5 Å². The third kappa shape index (κ3) is 4.18. The second-order valence-electron chi connectivity index (χ2n) is 7.17. The van der Waals surface area contributed by atoms with Gasteiger partial charge in [-0.3, -0.25) is 9.59 Å². The first-order chi connectivity index (χ1) is 13.4. The van der Waals surface area contributed by atoms with Crippen LogP contribution in [0.3, 0.4) is 0 Å². The van der Waals surface area contributed by atoms with Crippen LogP contribution in [0.1, 0.15) is 49.3 Å². The minimum Gasteiger partial charge on any atom is -0.481 e. The van der Waals surface area contributed by atoms with Crippen molar-refractivity contribution in [2.45, 2.75) is 58.5 Å². The molecular formula is C21H25NO6. The van der Waals surface area contributed by atoms with Gasteiger partial charge in [0.15, 0.2) is 6.10 Å². The molecule has 0 saturated heterocycles. The maximum absolute atomic E-state index is 12.4. The molecule has 1 aromatic carbocycles. The van der Waals surface area contributed by atoms with Crippen LogP contribution in [0.2, 0.25) is 0 Å². The van der Waals surface area contributed by atoms with Crippen molar-refractivity contribution < 1.29 is 23.8 Å². The van der Waals surface area contributed by atoms with Gasteiger partial charge in [-0.05, 0) is 63.6 Å². The van der Waals surface area contributed by atoms with Gasteiger partial charge in [0.05, 0.1) is 0 Å². The molecule has 1 aliphatic carbocycles. The molecule has 1 aliphatic rings. The summed E-state index contributed by atoms with van der Waals surface area (Å²) in [4.78, 5) is 35.0. The summed E-state index contributed by atoms with van der Waals surface area (Å²) in [5, 5.41) is 12.2. The lowest BCUT2D eigenvalue weighted by Gasteiger charge is -2.19. The number of aryl methyl sites for hydroxylation is 2. The number of carboxylic acids is 1. The van der Waals surface area contributed by atoms with E-state index in [-0.39, 0.29) is 24.5 Å². The SMILES string of the molecule is Cc1c(OC(C)C(=O)NCCCC(=O)O)ccc2c3c(c(=O)oc12)CCCC3. The molecule has 0 bridgehead atoms. The van der Waals surface area contributed by atoms with Crippen LogP contribution >= 0.6 is 0 Å². The minimum absolute atomic E-state index is 0.00263. The standard InChI is InChI=1S/C21H25NO6/c1-12-17(27-13(2)20(25)22-11-5-8-18(23)24)10-9-15-14-6-3-4-7-16(14)21(26)28-19(12)15/h9-10,13H,3-8,11H2,1-2H3,(H,22,25)(H,23,24). The van der Waals surface area contributed by atoms with E-state index in [9.17, 15) is 14.4 Å². The van der Waals surface area contributed by atoms with Crippen LogP contribution in [0.5, 0.6) is 5.75 Å². The highest BCUT2D eigenvalue weighted by molar-refractivity contribution is 5.86. The Balaban J connectivity index is 1.77. The lowest BCUT2D eigenvalue weighted by molar-refractivity contribution is -0.137. The topological polar surface area (TPSA) is 106 Å². The van der Waals surface area contributed by atoms with Crippen molar-refractivity contribution in [2.24, 2.45) is 0 Å². The number of hydrogen-bond donors (Lipinski definition) is 2. The van der Waals surface area contributed by atoms with E-state index in [0.29, 0.717) is 23.3 Å². The first kappa shape index (κ1) is 19.9. The molecule has 28 heavy (non-hydrogen) atoms. The zero-order valence-corrected chi connectivity index (χ0v) is 16.2. The summed E-state index contributed by atoms with van der Waals surface area (Å²) >= 11 is 0. The molecule has 1 atom stereocenters. The van der Waals surface area contributed by atoms with E-state index in [1.807, 2.05) is 13.0 Å². The van der Waals surface area contributed by atoms with E-state index in [4.69, 9.17) is 14.3 Å². The summed E-state index contributed by atoms with van der Waals surface area (Å²) in [5.41, 5.74) is 2.76. The van der Waals surface area contributed by atoms with Crippen LogP contribution in [0.15, 0.2) is 21.3 Å². The third-order valence-electron chi connectivity index (χ3n) is 5.13. The average molecular weight is 387 g/mol.